The van der Waals surface area contributed by atoms with Gasteiger partial charge in [-0.3, -0.25) is 4.79 Å². The fourth-order valence-electron chi connectivity index (χ4n) is 4.47. The van der Waals surface area contributed by atoms with Gasteiger partial charge in [0.05, 0.1) is 0 Å². The Bertz CT molecular complexity index is 521. The molecule has 1 N–H and O–H groups in total. The second kappa shape index (κ2) is 6.92. The van der Waals surface area contributed by atoms with Crippen LogP contribution in [0.5, 0.6) is 0 Å². The number of carbonyl (C=O) groups is 1. The van der Waals surface area contributed by atoms with Crippen LogP contribution < -0.4 is 5.32 Å². The summed E-state index contributed by atoms with van der Waals surface area (Å²) in [6.07, 6.45) is 6.00. The Hall–Kier alpha value is -1.54. The largest absolute Gasteiger partial charge is 0.385 e. The molecule has 1 heterocycles. The highest BCUT2D eigenvalue weighted by molar-refractivity contribution is 5.97. The summed E-state index contributed by atoms with van der Waals surface area (Å²) in [5, 5.41) is 12.1. The highest BCUT2D eigenvalue weighted by Gasteiger charge is 2.48. The van der Waals surface area contributed by atoms with Crippen LogP contribution in [-0.4, -0.2) is 43.7 Å². The minimum Gasteiger partial charge on any atom is -0.385 e. The molecule has 5 nitrogen and oxygen atoms in total. The second-order valence-electron chi connectivity index (χ2n) is 8.14. The third-order valence-corrected chi connectivity index (χ3v) is 4.93. The molecule has 2 bridgehead atoms. The van der Waals surface area contributed by atoms with Crippen LogP contribution in [0.1, 0.15) is 46.5 Å². The fourth-order valence-corrected chi connectivity index (χ4v) is 4.47. The number of nitriles is 1. The third-order valence-electron chi connectivity index (χ3n) is 4.93. The van der Waals surface area contributed by atoms with Gasteiger partial charge in [0.15, 0.2) is 0 Å². The van der Waals surface area contributed by atoms with Crippen molar-refractivity contribution in [1.82, 2.24) is 10.2 Å². The topological polar surface area (TPSA) is 65.4 Å². The summed E-state index contributed by atoms with van der Waals surface area (Å²) in [5.74, 6) is -0.283. The van der Waals surface area contributed by atoms with Crippen LogP contribution in [0.15, 0.2) is 11.8 Å². The van der Waals surface area contributed by atoms with Crippen LogP contribution in [-0.2, 0) is 9.53 Å². The molecule has 1 saturated carbocycles. The van der Waals surface area contributed by atoms with Crippen LogP contribution >= 0.6 is 0 Å². The quantitative estimate of drug-likeness (QED) is 0.464. The molecular weight excluding hydrogens is 290 g/mol. The Kier molecular flexibility index (Phi) is 5.36. The molecule has 5 heteroatoms. The number of ether oxygens (including phenoxy) is 1. The van der Waals surface area contributed by atoms with E-state index in [0.29, 0.717) is 30.0 Å². The van der Waals surface area contributed by atoms with Crippen molar-refractivity contribution >= 4 is 5.91 Å². The maximum Gasteiger partial charge on any atom is 0.263 e. The molecule has 1 aliphatic carbocycles. The summed E-state index contributed by atoms with van der Waals surface area (Å²) in [7, 11) is 1.63. The lowest BCUT2D eigenvalue weighted by Crippen LogP contribution is -2.34. The first-order valence-electron chi connectivity index (χ1n) is 8.43. The van der Waals surface area contributed by atoms with Gasteiger partial charge in [0.2, 0.25) is 0 Å². The van der Waals surface area contributed by atoms with Gasteiger partial charge >= 0.3 is 0 Å². The molecule has 2 aliphatic rings. The number of fused-ring (bicyclic) bond motifs is 2. The van der Waals surface area contributed by atoms with Gasteiger partial charge in [-0.15, -0.1) is 0 Å². The number of methoxy groups -OCH3 is 1. The molecule has 1 amide bonds. The maximum atomic E-state index is 12.2. The van der Waals surface area contributed by atoms with Crippen molar-refractivity contribution < 1.29 is 9.53 Å². The number of nitrogens with zero attached hydrogens (tertiary/aromatic N) is 2. The van der Waals surface area contributed by atoms with Crippen molar-refractivity contribution in [2.45, 2.75) is 52.5 Å². The average Bonchev–Trinajstić information content (AvgIpc) is 2.69. The Morgan fingerprint density at radius 2 is 2.17 bits per heavy atom. The van der Waals surface area contributed by atoms with Gasteiger partial charge in [-0.05, 0) is 36.5 Å². The molecule has 128 valence electrons. The number of likely N-dealkylation sites (tertiary alicyclic amines) is 1. The minimum absolute atomic E-state index is 0.205. The molecule has 0 aromatic rings. The first kappa shape index (κ1) is 17.8. The van der Waals surface area contributed by atoms with E-state index >= 15 is 0 Å². The Labute approximate surface area is 139 Å². The first-order valence-corrected chi connectivity index (χ1v) is 8.43. The van der Waals surface area contributed by atoms with E-state index in [1.54, 1.807) is 13.3 Å². The van der Waals surface area contributed by atoms with Gasteiger partial charge < -0.3 is 15.0 Å². The van der Waals surface area contributed by atoms with Gasteiger partial charge in [0, 0.05) is 39.0 Å². The zero-order chi connectivity index (χ0) is 17.1. The highest BCUT2D eigenvalue weighted by Crippen LogP contribution is 2.52. The van der Waals surface area contributed by atoms with Crippen molar-refractivity contribution in [2.75, 3.05) is 26.8 Å². The minimum atomic E-state index is -0.283. The smallest absolute Gasteiger partial charge is 0.263 e. The standard InChI is InChI=1S/C18H29N3O2/c1-17(2)8-15-9-18(3,12-17)13-21(15)11-14(10-19)16(22)20-6-5-7-23-4/h11,15H,5-9,12-13H2,1-4H3,(H,20,22)/b14-11-. The molecule has 1 aliphatic heterocycles. The number of rotatable bonds is 6. The van der Waals surface area contributed by atoms with E-state index in [2.05, 4.69) is 37.1 Å². The van der Waals surface area contributed by atoms with Gasteiger partial charge in [-0.2, -0.15) is 5.26 Å². The molecule has 2 fully saturated rings. The molecule has 0 spiro atoms. The van der Waals surface area contributed by atoms with Gasteiger partial charge in [-0.25, -0.2) is 0 Å². The number of nitrogens with one attached hydrogen (secondary N) is 1. The van der Waals surface area contributed by atoms with Crippen molar-refractivity contribution in [3.8, 4) is 6.07 Å². The van der Waals surface area contributed by atoms with Gasteiger partial charge in [0.1, 0.15) is 11.6 Å². The third kappa shape index (κ3) is 4.48. The molecule has 1 saturated heterocycles. The van der Waals surface area contributed by atoms with Crippen molar-refractivity contribution in [3.05, 3.63) is 11.8 Å². The summed E-state index contributed by atoms with van der Waals surface area (Å²) < 4.78 is 4.96. The predicted octanol–water partition coefficient (Wildman–Crippen LogP) is 2.45. The lowest BCUT2D eigenvalue weighted by Gasteiger charge is -2.39. The van der Waals surface area contributed by atoms with E-state index in [4.69, 9.17) is 4.74 Å². The van der Waals surface area contributed by atoms with Gasteiger partial charge in [-0.1, -0.05) is 20.8 Å². The monoisotopic (exact) mass is 319 g/mol. The fraction of sp³-hybridized carbons (Fsp3) is 0.778. The van der Waals surface area contributed by atoms with Crippen molar-refractivity contribution in [2.24, 2.45) is 10.8 Å². The normalized spacial score (nSPS) is 29.3. The van der Waals surface area contributed by atoms with Gasteiger partial charge in [0.25, 0.3) is 5.91 Å². The molecule has 0 aromatic carbocycles. The van der Waals surface area contributed by atoms with Crippen LogP contribution in [0.2, 0.25) is 0 Å². The summed E-state index contributed by atoms with van der Waals surface area (Å²) >= 11 is 0. The van der Waals surface area contributed by atoms with Crippen LogP contribution in [0.4, 0.5) is 0 Å². The molecular formula is C18H29N3O2. The molecule has 2 rings (SSSR count). The molecule has 23 heavy (non-hydrogen) atoms. The summed E-state index contributed by atoms with van der Waals surface area (Å²) in [5.41, 5.74) is 0.824. The first-order chi connectivity index (χ1) is 10.8. The van der Waals surface area contributed by atoms with E-state index in [0.717, 1.165) is 25.8 Å². The van der Waals surface area contributed by atoms with Crippen LogP contribution in [0.3, 0.4) is 0 Å². The van der Waals surface area contributed by atoms with E-state index < -0.39 is 0 Å². The summed E-state index contributed by atoms with van der Waals surface area (Å²) in [4.78, 5) is 14.4. The number of hydrogen-bond acceptors (Lipinski definition) is 4. The number of hydrogen-bond donors (Lipinski definition) is 1. The number of carbonyl (C=O) groups excluding carboxylic acids is 1. The van der Waals surface area contributed by atoms with Crippen molar-refractivity contribution in [3.63, 3.8) is 0 Å². The predicted molar refractivity (Wildman–Crippen MR) is 89.4 cm³/mol. The Balaban J connectivity index is 2.02. The number of amides is 1. The zero-order valence-electron chi connectivity index (χ0n) is 14.8. The maximum absolute atomic E-state index is 12.2. The molecule has 0 radical (unpaired) electrons. The zero-order valence-corrected chi connectivity index (χ0v) is 14.8. The summed E-state index contributed by atoms with van der Waals surface area (Å²) in [6, 6.07) is 2.50. The average molecular weight is 319 g/mol. The van der Waals surface area contributed by atoms with Crippen LogP contribution in [0, 0.1) is 22.2 Å². The van der Waals surface area contributed by atoms with Crippen molar-refractivity contribution in [1.29, 1.82) is 5.26 Å². The SMILES string of the molecule is COCCCNC(=O)/C(C#N)=C\N1CC2(C)CC1CC(C)(C)C2. The molecule has 0 aromatic heterocycles. The lowest BCUT2D eigenvalue weighted by atomic mass is 9.65. The molecule has 2 unspecified atom stereocenters. The van der Waals surface area contributed by atoms with E-state index in [9.17, 15) is 10.1 Å². The second-order valence-corrected chi connectivity index (χ2v) is 8.14. The van der Waals surface area contributed by atoms with E-state index in [1.807, 2.05) is 0 Å². The summed E-state index contributed by atoms with van der Waals surface area (Å²) in [6.45, 7) is 9.03. The lowest BCUT2D eigenvalue weighted by molar-refractivity contribution is -0.117. The van der Waals surface area contributed by atoms with E-state index in [-0.39, 0.29) is 11.5 Å². The van der Waals surface area contributed by atoms with Crippen LogP contribution in [0.25, 0.3) is 0 Å². The Morgan fingerprint density at radius 1 is 1.43 bits per heavy atom. The molecule has 2 atom stereocenters. The Morgan fingerprint density at radius 3 is 2.83 bits per heavy atom. The van der Waals surface area contributed by atoms with E-state index in [1.165, 1.54) is 6.42 Å². The highest BCUT2D eigenvalue weighted by atomic mass is 16.5.